The van der Waals surface area contributed by atoms with Crippen LogP contribution in [0.15, 0.2) is 24.3 Å². The second-order valence-electron chi connectivity index (χ2n) is 3.94. The van der Waals surface area contributed by atoms with Crippen molar-refractivity contribution in [1.29, 1.82) is 0 Å². The summed E-state index contributed by atoms with van der Waals surface area (Å²) in [5, 5.41) is 3.83. The first-order valence-electron chi connectivity index (χ1n) is 5.87. The van der Waals surface area contributed by atoms with E-state index in [-0.39, 0.29) is 0 Å². The quantitative estimate of drug-likeness (QED) is 0.922. The fraction of sp³-hybridized carbons (Fsp3) is 0.214. The first-order chi connectivity index (χ1) is 9.62. The Hall–Kier alpha value is -1.65. The molecule has 0 atom stereocenters. The molecule has 0 saturated heterocycles. The largest absolute Gasteiger partial charge is 0.493 e. The summed E-state index contributed by atoms with van der Waals surface area (Å²) in [7, 11) is 4.90. The molecule has 1 heterocycles. The first kappa shape index (κ1) is 14.8. The van der Waals surface area contributed by atoms with Gasteiger partial charge in [-0.1, -0.05) is 29.3 Å². The zero-order valence-corrected chi connectivity index (χ0v) is 12.8. The maximum Gasteiger partial charge on any atom is 0.170 e. The minimum absolute atomic E-state index is 0.445. The summed E-state index contributed by atoms with van der Waals surface area (Å²) < 4.78 is 10.7. The van der Waals surface area contributed by atoms with Crippen molar-refractivity contribution < 1.29 is 9.47 Å². The van der Waals surface area contributed by atoms with Gasteiger partial charge >= 0.3 is 0 Å². The van der Waals surface area contributed by atoms with Gasteiger partial charge in [0.05, 0.1) is 30.0 Å². The number of benzene rings is 1. The number of nitrogens with zero attached hydrogens (tertiary/aromatic N) is 1. The number of nitrogens with one attached hydrogen (secondary N) is 1. The molecule has 2 rings (SSSR count). The van der Waals surface area contributed by atoms with E-state index in [1.165, 1.54) is 0 Å². The Balaban J connectivity index is 2.68. The molecule has 0 aliphatic carbocycles. The second-order valence-corrected chi connectivity index (χ2v) is 4.75. The summed E-state index contributed by atoms with van der Waals surface area (Å²) in [6, 6.07) is 7.17. The molecule has 0 aliphatic heterocycles. The normalized spacial score (nSPS) is 10.2. The van der Waals surface area contributed by atoms with E-state index in [2.05, 4.69) is 10.3 Å². The molecule has 6 heteroatoms. The van der Waals surface area contributed by atoms with Crippen molar-refractivity contribution in [2.45, 2.75) is 0 Å². The van der Waals surface area contributed by atoms with Gasteiger partial charge in [0.15, 0.2) is 11.5 Å². The van der Waals surface area contributed by atoms with Crippen molar-refractivity contribution in [2.24, 2.45) is 0 Å². The summed E-state index contributed by atoms with van der Waals surface area (Å²) in [5.74, 6) is 1.74. The molecule has 1 aromatic carbocycles. The lowest BCUT2D eigenvalue weighted by Crippen LogP contribution is -1.98. The highest BCUT2D eigenvalue weighted by Crippen LogP contribution is 2.41. The van der Waals surface area contributed by atoms with Gasteiger partial charge in [0, 0.05) is 12.6 Å². The molecule has 1 N–H and O–H groups in total. The Labute approximate surface area is 127 Å². The Morgan fingerprint density at radius 2 is 1.85 bits per heavy atom. The van der Waals surface area contributed by atoms with Gasteiger partial charge in [-0.25, -0.2) is 4.98 Å². The third-order valence-electron chi connectivity index (χ3n) is 2.82. The van der Waals surface area contributed by atoms with Crippen LogP contribution in [-0.2, 0) is 0 Å². The first-order valence-corrected chi connectivity index (χ1v) is 6.63. The summed E-state index contributed by atoms with van der Waals surface area (Å²) in [6.07, 6.45) is 0. The fourth-order valence-corrected chi connectivity index (χ4v) is 2.46. The van der Waals surface area contributed by atoms with E-state index in [1.54, 1.807) is 27.3 Å². The van der Waals surface area contributed by atoms with E-state index in [9.17, 15) is 0 Å². The zero-order valence-electron chi connectivity index (χ0n) is 11.3. The maximum absolute atomic E-state index is 6.25. The van der Waals surface area contributed by atoms with Crippen LogP contribution in [0.3, 0.4) is 0 Å². The summed E-state index contributed by atoms with van der Waals surface area (Å²) in [6.45, 7) is 0. The molecule has 0 saturated carbocycles. The van der Waals surface area contributed by atoms with Gasteiger partial charge in [0.25, 0.3) is 0 Å². The topological polar surface area (TPSA) is 43.4 Å². The van der Waals surface area contributed by atoms with Crippen molar-refractivity contribution in [2.75, 3.05) is 26.6 Å². The molecular formula is C14H14Cl2N2O2. The molecule has 106 valence electrons. The third kappa shape index (κ3) is 2.62. The van der Waals surface area contributed by atoms with Crippen LogP contribution in [0.1, 0.15) is 0 Å². The lowest BCUT2D eigenvalue weighted by molar-refractivity contribution is 0.356. The van der Waals surface area contributed by atoms with Gasteiger partial charge in [0.1, 0.15) is 5.82 Å². The van der Waals surface area contributed by atoms with Crippen LogP contribution in [0, 0.1) is 0 Å². The number of pyridine rings is 1. The summed E-state index contributed by atoms with van der Waals surface area (Å²) >= 11 is 12.3. The Morgan fingerprint density at radius 1 is 1.10 bits per heavy atom. The van der Waals surface area contributed by atoms with Gasteiger partial charge in [-0.2, -0.15) is 0 Å². The van der Waals surface area contributed by atoms with Crippen molar-refractivity contribution in [3.05, 3.63) is 34.3 Å². The average molecular weight is 313 g/mol. The smallest absolute Gasteiger partial charge is 0.170 e. The maximum atomic E-state index is 6.25. The van der Waals surface area contributed by atoms with Gasteiger partial charge in [-0.3, -0.25) is 0 Å². The van der Waals surface area contributed by atoms with Gasteiger partial charge in [0.2, 0.25) is 0 Å². The molecule has 20 heavy (non-hydrogen) atoms. The Bertz CT molecular complexity index is 633. The summed E-state index contributed by atoms with van der Waals surface area (Å²) in [5.41, 5.74) is 1.32. The molecule has 0 bridgehead atoms. The van der Waals surface area contributed by atoms with Crippen molar-refractivity contribution >= 4 is 29.0 Å². The molecule has 0 amide bonds. The van der Waals surface area contributed by atoms with Crippen LogP contribution in [0.25, 0.3) is 11.3 Å². The minimum atomic E-state index is 0.445. The number of hydrogen-bond acceptors (Lipinski definition) is 4. The van der Waals surface area contributed by atoms with Gasteiger partial charge < -0.3 is 14.8 Å². The van der Waals surface area contributed by atoms with Crippen LogP contribution in [0.2, 0.25) is 10.0 Å². The van der Waals surface area contributed by atoms with Crippen molar-refractivity contribution in [3.8, 4) is 22.8 Å². The van der Waals surface area contributed by atoms with Gasteiger partial charge in [-0.15, -0.1) is 0 Å². The van der Waals surface area contributed by atoms with Crippen molar-refractivity contribution in [1.82, 2.24) is 4.98 Å². The monoisotopic (exact) mass is 312 g/mol. The number of hydrogen-bond donors (Lipinski definition) is 1. The van der Waals surface area contributed by atoms with Crippen molar-refractivity contribution in [3.63, 3.8) is 0 Å². The number of ether oxygens (including phenoxy) is 2. The predicted molar refractivity (Wildman–Crippen MR) is 82.3 cm³/mol. The van der Waals surface area contributed by atoms with Crippen LogP contribution >= 0.6 is 23.2 Å². The van der Waals surface area contributed by atoms with Crippen LogP contribution in [0.5, 0.6) is 11.5 Å². The average Bonchev–Trinajstić information content (AvgIpc) is 2.46. The second kappa shape index (κ2) is 6.20. The lowest BCUT2D eigenvalue weighted by atomic mass is 10.1. The van der Waals surface area contributed by atoms with E-state index in [0.717, 1.165) is 5.56 Å². The van der Waals surface area contributed by atoms with Crippen LogP contribution in [0.4, 0.5) is 5.82 Å². The molecule has 0 unspecified atom stereocenters. The molecule has 0 aliphatic rings. The standard InChI is InChI=1S/C14H14Cl2N2O2/c1-17-14-10(16)7-9(15)12(18-14)8-5-4-6-11(19-2)13(8)20-3/h4-7H,1-3H3,(H,17,18). The number of methoxy groups -OCH3 is 2. The predicted octanol–water partition coefficient (Wildman–Crippen LogP) is 4.11. The van der Waals surface area contributed by atoms with E-state index in [1.807, 2.05) is 18.2 Å². The number of anilines is 1. The molecule has 0 radical (unpaired) electrons. The van der Waals surface area contributed by atoms with E-state index < -0.39 is 0 Å². The Kier molecular flexibility index (Phi) is 4.57. The SMILES string of the molecule is CNc1nc(-c2cccc(OC)c2OC)c(Cl)cc1Cl. The fourth-order valence-electron chi connectivity index (χ4n) is 1.90. The molecule has 4 nitrogen and oxygen atoms in total. The number of aromatic nitrogens is 1. The molecule has 0 spiro atoms. The van der Waals surface area contributed by atoms with E-state index >= 15 is 0 Å². The van der Waals surface area contributed by atoms with Crippen LogP contribution < -0.4 is 14.8 Å². The third-order valence-corrected chi connectivity index (χ3v) is 3.40. The molecule has 0 fully saturated rings. The number of para-hydroxylation sites is 1. The molecule has 2 aromatic rings. The van der Waals surface area contributed by atoms with E-state index in [0.29, 0.717) is 33.1 Å². The minimum Gasteiger partial charge on any atom is -0.493 e. The molecule has 1 aromatic heterocycles. The Morgan fingerprint density at radius 3 is 2.45 bits per heavy atom. The number of rotatable bonds is 4. The van der Waals surface area contributed by atoms with Crippen LogP contribution in [-0.4, -0.2) is 26.3 Å². The highest BCUT2D eigenvalue weighted by molar-refractivity contribution is 6.37. The lowest BCUT2D eigenvalue weighted by Gasteiger charge is -2.14. The molecular weight excluding hydrogens is 299 g/mol. The zero-order chi connectivity index (χ0) is 14.7. The highest BCUT2D eigenvalue weighted by Gasteiger charge is 2.17. The summed E-state index contributed by atoms with van der Waals surface area (Å²) in [4.78, 5) is 4.43. The highest BCUT2D eigenvalue weighted by atomic mass is 35.5. The number of halogens is 2. The van der Waals surface area contributed by atoms with E-state index in [4.69, 9.17) is 32.7 Å². The van der Waals surface area contributed by atoms with Gasteiger partial charge in [-0.05, 0) is 18.2 Å².